The highest BCUT2D eigenvalue weighted by molar-refractivity contribution is 7.14. The van der Waals surface area contributed by atoms with E-state index in [1.54, 1.807) is 17.1 Å². The van der Waals surface area contributed by atoms with E-state index in [0.29, 0.717) is 16.9 Å². The maximum Gasteiger partial charge on any atom is 0.279 e. The van der Waals surface area contributed by atoms with Gasteiger partial charge in [-0.15, -0.1) is 41.2 Å². The molecular formula is C16H19Cl2N7OS. The lowest BCUT2D eigenvalue weighted by molar-refractivity contribution is 0.102. The van der Waals surface area contributed by atoms with E-state index in [9.17, 15) is 4.79 Å². The van der Waals surface area contributed by atoms with Crippen LogP contribution in [0.2, 0.25) is 0 Å². The molecule has 1 amide bonds. The molecule has 4 rings (SSSR count). The number of nitrogens with one attached hydrogen (secondary N) is 2. The van der Waals surface area contributed by atoms with Crippen molar-refractivity contribution in [1.82, 2.24) is 30.3 Å². The molecule has 144 valence electrons. The van der Waals surface area contributed by atoms with Gasteiger partial charge < -0.3 is 5.32 Å². The summed E-state index contributed by atoms with van der Waals surface area (Å²) in [6.45, 7) is 1.92. The molecule has 3 aromatic heterocycles. The highest BCUT2D eigenvalue weighted by Gasteiger charge is 2.19. The van der Waals surface area contributed by atoms with Crippen LogP contribution in [0.5, 0.6) is 0 Å². The molecule has 0 aliphatic carbocycles. The predicted molar refractivity (Wildman–Crippen MR) is 109 cm³/mol. The highest BCUT2D eigenvalue weighted by Crippen LogP contribution is 2.23. The van der Waals surface area contributed by atoms with Crippen molar-refractivity contribution in [2.45, 2.75) is 18.9 Å². The number of halogens is 2. The Hall–Kier alpha value is -2.07. The first-order chi connectivity index (χ1) is 12.3. The van der Waals surface area contributed by atoms with E-state index < -0.39 is 0 Å². The molecule has 4 heterocycles. The summed E-state index contributed by atoms with van der Waals surface area (Å²) in [6.07, 6.45) is 5.40. The summed E-state index contributed by atoms with van der Waals surface area (Å²) in [5.74, 6) is -0.304. The zero-order valence-corrected chi connectivity index (χ0v) is 16.7. The maximum absolute atomic E-state index is 12.4. The fraction of sp³-hybridized carbons (Fsp3) is 0.312. The fourth-order valence-corrected chi connectivity index (χ4v) is 3.45. The lowest BCUT2D eigenvalue weighted by atomic mass is 10.1. The van der Waals surface area contributed by atoms with Crippen LogP contribution < -0.4 is 10.6 Å². The number of piperidine rings is 1. The first kappa shape index (κ1) is 21.2. The first-order valence-corrected chi connectivity index (χ1v) is 8.98. The van der Waals surface area contributed by atoms with Gasteiger partial charge in [0.05, 0.1) is 17.9 Å². The minimum absolute atomic E-state index is 0. The Balaban J connectivity index is 0.00000131. The van der Waals surface area contributed by atoms with E-state index in [4.69, 9.17) is 0 Å². The number of pyridine rings is 1. The third-order valence-corrected chi connectivity index (χ3v) is 4.84. The summed E-state index contributed by atoms with van der Waals surface area (Å²) in [4.78, 5) is 21.0. The van der Waals surface area contributed by atoms with Crippen molar-refractivity contribution in [3.8, 4) is 11.4 Å². The standard InChI is InChI=1S/C16H17N7OS.2ClH/c24-15(13-9-23(22-21-13)11-4-7-17-8-5-11)20-16-19-14(10-25-16)12-3-1-2-6-18-12;;/h1-3,6,9-11,17H,4-5,7-8H2,(H,19,20,24);2*1H. The molecule has 0 aromatic carbocycles. The molecule has 1 fully saturated rings. The third kappa shape index (κ3) is 5.01. The summed E-state index contributed by atoms with van der Waals surface area (Å²) < 4.78 is 1.79. The van der Waals surface area contributed by atoms with Gasteiger partial charge in [0.2, 0.25) is 0 Å². The van der Waals surface area contributed by atoms with Gasteiger partial charge in [-0.1, -0.05) is 11.3 Å². The van der Waals surface area contributed by atoms with Gasteiger partial charge >= 0.3 is 0 Å². The smallest absolute Gasteiger partial charge is 0.279 e. The van der Waals surface area contributed by atoms with Gasteiger partial charge in [-0.2, -0.15) is 0 Å². The molecule has 3 aromatic rings. The molecule has 0 spiro atoms. The average molecular weight is 428 g/mol. The molecule has 0 saturated carbocycles. The van der Waals surface area contributed by atoms with Gasteiger partial charge in [0.25, 0.3) is 5.91 Å². The number of thiazole rings is 1. The van der Waals surface area contributed by atoms with Gasteiger partial charge in [0.1, 0.15) is 5.69 Å². The Bertz CT molecular complexity index is 865. The summed E-state index contributed by atoms with van der Waals surface area (Å²) >= 11 is 1.36. The molecule has 0 unspecified atom stereocenters. The van der Waals surface area contributed by atoms with Crippen molar-refractivity contribution in [2.75, 3.05) is 18.4 Å². The predicted octanol–water partition coefficient (Wildman–Crippen LogP) is 2.82. The number of hydrogen-bond donors (Lipinski definition) is 2. The van der Waals surface area contributed by atoms with E-state index >= 15 is 0 Å². The Morgan fingerprint density at radius 1 is 1.22 bits per heavy atom. The van der Waals surface area contributed by atoms with Gasteiger partial charge in [0.15, 0.2) is 10.8 Å². The van der Waals surface area contributed by atoms with Crippen LogP contribution in [0.15, 0.2) is 36.0 Å². The lowest BCUT2D eigenvalue weighted by Gasteiger charge is -2.21. The summed E-state index contributed by atoms with van der Waals surface area (Å²) in [5, 5.41) is 16.6. The summed E-state index contributed by atoms with van der Waals surface area (Å²) in [5.41, 5.74) is 1.81. The number of hydrogen-bond acceptors (Lipinski definition) is 7. The number of amides is 1. The molecule has 8 nitrogen and oxygen atoms in total. The molecule has 1 aliphatic heterocycles. The number of rotatable bonds is 4. The molecule has 0 bridgehead atoms. The van der Waals surface area contributed by atoms with E-state index in [1.807, 2.05) is 23.6 Å². The largest absolute Gasteiger partial charge is 0.317 e. The number of nitrogens with zero attached hydrogens (tertiary/aromatic N) is 5. The van der Waals surface area contributed by atoms with Crippen molar-refractivity contribution in [2.24, 2.45) is 0 Å². The van der Waals surface area contributed by atoms with E-state index in [-0.39, 0.29) is 30.7 Å². The number of carbonyl (C=O) groups is 1. The van der Waals surface area contributed by atoms with Crippen LogP contribution in [0, 0.1) is 0 Å². The normalized spacial score (nSPS) is 14.1. The first-order valence-electron chi connectivity index (χ1n) is 8.10. The molecule has 11 heteroatoms. The van der Waals surface area contributed by atoms with Gasteiger partial charge in [-0.25, -0.2) is 9.67 Å². The maximum atomic E-state index is 12.4. The van der Waals surface area contributed by atoms with Crippen LogP contribution in [0.25, 0.3) is 11.4 Å². The van der Waals surface area contributed by atoms with Crippen molar-refractivity contribution >= 4 is 47.2 Å². The quantitative estimate of drug-likeness (QED) is 0.663. The SMILES string of the molecule is Cl.Cl.O=C(Nc1nc(-c2ccccn2)cs1)c1cn(C2CCNCC2)nn1. The van der Waals surface area contributed by atoms with E-state index in [0.717, 1.165) is 37.3 Å². The average Bonchev–Trinajstić information content (AvgIpc) is 3.33. The lowest BCUT2D eigenvalue weighted by Crippen LogP contribution is -2.29. The van der Waals surface area contributed by atoms with Crippen LogP contribution in [0.3, 0.4) is 0 Å². The zero-order chi connectivity index (χ0) is 17.1. The summed E-state index contributed by atoms with van der Waals surface area (Å²) in [7, 11) is 0. The van der Waals surface area contributed by atoms with Gasteiger partial charge in [0, 0.05) is 11.6 Å². The molecule has 1 saturated heterocycles. The monoisotopic (exact) mass is 427 g/mol. The number of anilines is 1. The molecule has 27 heavy (non-hydrogen) atoms. The van der Waals surface area contributed by atoms with Gasteiger partial charge in [-0.05, 0) is 38.1 Å². The Labute approximate surface area is 172 Å². The van der Waals surface area contributed by atoms with Crippen molar-refractivity contribution in [3.63, 3.8) is 0 Å². The Kier molecular flexibility index (Phi) is 7.66. The number of aromatic nitrogens is 5. The molecule has 0 atom stereocenters. The van der Waals surface area contributed by atoms with Gasteiger partial charge in [-0.3, -0.25) is 15.1 Å². The zero-order valence-electron chi connectivity index (χ0n) is 14.2. The van der Waals surface area contributed by atoms with Crippen LogP contribution in [-0.2, 0) is 0 Å². The Morgan fingerprint density at radius 3 is 2.78 bits per heavy atom. The minimum atomic E-state index is -0.304. The molecular weight excluding hydrogens is 409 g/mol. The fourth-order valence-electron chi connectivity index (χ4n) is 2.75. The van der Waals surface area contributed by atoms with E-state index in [2.05, 4.69) is 30.9 Å². The van der Waals surface area contributed by atoms with Crippen molar-refractivity contribution < 1.29 is 4.79 Å². The van der Waals surface area contributed by atoms with E-state index in [1.165, 1.54) is 11.3 Å². The second-order valence-electron chi connectivity index (χ2n) is 5.77. The Morgan fingerprint density at radius 2 is 2.04 bits per heavy atom. The molecule has 0 radical (unpaired) electrons. The van der Waals surface area contributed by atoms with Crippen molar-refractivity contribution in [3.05, 3.63) is 41.7 Å². The molecule has 1 aliphatic rings. The second-order valence-corrected chi connectivity index (χ2v) is 6.63. The topological polar surface area (TPSA) is 97.6 Å². The van der Waals surface area contributed by atoms with Crippen LogP contribution in [0.4, 0.5) is 5.13 Å². The van der Waals surface area contributed by atoms with Crippen LogP contribution in [0.1, 0.15) is 29.4 Å². The van der Waals surface area contributed by atoms with Crippen molar-refractivity contribution in [1.29, 1.82) is 0 Å². The number of carbonyl (C=O) groups excluding carboxylic acids is 1. The van der Waals surface area contributed by atoms with Crippen LogP contribution >= 0.6 is 36.2 Å². The summed E-state index contributed by atoms with van der Waals surface area (Å²) in [6, 6.07) is 5.93. The van der Waals surface area contributed by atoms with Crippen LogP contribution in [-0.4, -0.2) is 44.0 Å². The minimum Gasteiger partial charge on any atom is -0.317 e. The highest BCUT2D eigenvalue weighted by atomic mass is 35.5. The third-order valence-electron chi connectivity index (χ3n) is 4.08. The molecule has 2 N–H and O–H groups in total. The second kappa shape index (κ2) is 9.75.